The molecule has 0 radical (unpaired) electrons. The predicted octanol–water partition coefficient (Wildman–Crippen LogP) is 3.99. The summed E-state index contributed by atoms with van der Waals surface area (Å²) in [5, 5.41) is 0. The normalized spacial score (nSPS) is 11.8. The molecular formula is C14H15FO. The van der Waals surface area contributed by atoms with E-state index < -0.39 is 0 Å². The molecule has 0 atom stereocenters. The minimum absolute atomic E-state index is 0.219. The van der Waals surface area contributed by atoms with Gasteiger partial charge in [0.2, 0.25) is 0 Å². The SMILES string of the molecule is C=C/C=C(\C=C/C)OCc1ccccc1F. The molecule has 2 heteroatoms. The Bertz CT molecular complexity index is 405. The molecule has 0 aliphatic carbocycles. The Labute approximate surface area is 95.6 Å². The van der Waals surface area contributed by atoms with Gasteiger partial charge in [-0.15, -0.1) is 0 Å². The van der Waals surface area contributed by atoms with E-state index in [1.165, 1.54) is 6.07 Å². The summed E-state index contributed by atoms with van der Waals surface area (Å²) in [6, 6.07) is 6.57. The Hall–Kier alpha value is -1.83. The van der Waals surface area contributed by atoms with E-state index in [0.29, 0.717) is 11.3 Å². The van der Waals surface area contributed by atoms with Crippen LogP contribution in [0.1, 0.15) is 12.5 Å². The summed E-state index contributed by atoms with van der Waals surface area (Å²) in [6.45, 7) is 5.70. The molecule has 16 heavy (non-hydrogen) atoms. The van der Waals surface area contributed by atoms with Crippen LogP contribution in [0.25, 0.3) is 0 Å². The number of allylic oxidation sites excluding steroid dienone is 4. The number of ether oxygens (including phenoxy) is 1. The molecule has 1 aromatic rings. The lowest BCUT2D eigenvalue weighted by atomic mass is 10.2. The fraction of sp³-hybridized carbons (Fsp3) is 0.143. The molecule has 0 N–H and O–H groups in total. The third-order valence-corrected chi connectivity index (χ3v) is 1.97. The molecule has 0 aliphatic rings. The molecule has 84 valence electrons. The van der Waals surface area contributed by atoms with Crippen LogP contribution in [0.3, 0.4) is 0 Å². The Balaban J connectivity index is 2.66. The summed E-state index contributed by atoms with van der Waals surface area (Å²) < 4.78 is 18.7. The third-order valence-electron chi connectivity index (χ3n) is 1.97. The predicted molar refractivity (Wildman–Crippen MR) is 64.3 cm³/mol. The summed E-state index contributed by atoms with van der Waals surface area (Å²) in [7, 11) is 0. The van der Waals surface area contributed by atoms with Crippen LogP contribution in [0.4, 0.5) is 4.39 Å². The average molecular weight is 218 g/mol. The van der Waals surface area contributed by atoms with Crippen molar-refractivity contribution in [2.75, 3.05) is 0 Å². The highest BCUT2D eigenvalue weighted by molar-refractivity contribution is 5.19. The number of halogens is 1. The lowest BCUT2D eigenvalue weighted by Gasteiger charge is -2.07. The summed E-state index contributed by atoms with van der Waals surface area (Å²) in [4.78, 5) is 0. The topological polar surface area (TPSA) is 9.23 Å². The van der Waals surface area contributed by atoms with Gasteiger partial charge in [-0.2, -0.15) is 0 Å². The first-order chi connectivity index (χ1) is 7.77. The van der Waals surface area contributed by atoms with Gasteiger partial charge in [0.1, 0.15) is 18.2 Å². The molecule has 0 amide bonds. The summed E-state index contributed by atoms with van der Waals surface area (Å²) in [6.07, 6.45) is 7.04. The molecule has 0 bridgehead atoms. The van der Waals surface area contributed by atoms with Gasteiger partial charge in [0.05, 0.1) is 0 Å². The maximum atomic E-state index is 13.3. The first-order valence-corrected chi connectivity index (χ1v) is 5.09. The standard InChI is InChI=1S/C14H15FO/c1-3-7-13(8-4-2)16-11-12-9-5-6-10-14(12)15/h3-10H,1,11H2,2H3/b8-4-,13-7+. The van der Waals surface area contributed by atoms with Gasteiger partial charge in [-0.3, -0.25) is 0 Å². The van der Waals surface area contributed by atoms with E-state index >= 15 is 0 Å². The van der Waals surface area contributed by atoms with Gasteiger partial charge in [-0.05, 0) is 25.1 Å². The molecule has 0 heterocycles. The minimum Gasteiger partial charge on any atom is -0.489 e. The van der Waals surface area contributed by atoms with Gasteiger partial charge in [-0.1, -0.05) is 36.9 Å². The van der Waals surface area contributed by atoms with Crippen molar-refractivity contribution >= 4 is 0 Å². The molecular weight excluding hydrogens is 203 g/mol. The molecule has 0 saturated carbocycles. The molecule has 1 rings (SSSR count). The van der Waals surface area contributed by atoms with Gasteiger partial charge >= 0.3 is 0 Å². The number of benzene rings is 1. The molecule has 0 fully saturated rings. The van der Waals surface area contributed by atoms with Gasteiger partial charge in [0.25, 0.3) is 0 Å². The second kappa shape index (κ2) is 6.62. The molecule has 1 aromatic carbocycles. The van der Waals surface area contributed by atoms with E-state index in [0.717, 1.165) is 0 Å². The van der Waals surface area contributed by atoms with Crippen molar-refractivity contribution in [3.05, 3.63) is 72.3 Å². The fourth-order valence-corrected chi connectivity index (χ4v) is 1.21. The van der Waals surface area contributed by atoms with Crippen LogP contribution in [0.2, 0.25) is 0 Å². The largest absolute Gasteiger partial charge is 0.489 e. The van der Waals surface area contributed by atoms with Crippen molar-refractivity contribution in [1.82, 2.24) is 0 Å². The maximum absolute atomic E-state index is 13.3. The smallest absolute Gasteiger partial charge is 0.129 e. The van der Waals surface area contributed by atoms with Crippen LogP contribution in [-0.2, 0) is 11.3 Å². The lowest BCUT2D eigenvalue weighted by Crippen LogP contribution is -1.94. The number of hydrogen-bond acceptors (Lipinski definition) is 1. The quantitative estimate of drug-likeness (QED) is 0.536. The van der Waals surface area contributed by atoms with Crippen molar-refractivity contribution < 1.29 is 9.13 Å². The Morgan fingerprint density at radius 1 is 1.44 bits per heavy atom. The van der Waals surface area contributed by atoms with Crippen LogP contribution in [0, 0.1) is 5.82 Å². The second-order valence-electron chi connectivity index (χ2n) is 3.18. The van der Waals surface area contributed by atoms with Gasteiger partial charge in [-0.25, -0.2) is 4.39 Å². The van der Waals surface area contributed by atoms with Crippen molar-refractivity contribution in [3.8, 4) is 0 Å². The van der Waals surface area contributed by atoms with Crippen molar-refractivity contribution in [2.45, 2.75) is 13.5 Å². The van der Waals surface area contributed by atoms with Crippen LogP contribution in [0.5, 0.6) is 0 Å². The molecule has 1 nitrogen and oxygen atoms in total. The minimum atomic E-state index is -0.249. The first-order valence-electron chi connectivity index (χ1n) is 5.09. The zero-order chi connectivity index (χ0) is 11.8. The monoisotopic (exact) mass is 218 g/mol. The van der Waals surface area contributed by atoms with Crippen LogP contribution in [0.15, 0.2) is 60.9 Å². The summed E-state index contributed by atoms with van der Waals surface area (Å²) in [5.74, 6) is 0.418. The van der Waals surface area contributed by atoms with E-state index in [1.54, 1.807) is 30.4 Å². The number of rotatable bonds is 5. The van der Waals surface area contributed by atoms with Crippen LogP contribution >= 0.6 is 0 Å². The highest BCUT2D eigenvalue weighted by Crippen LogP contribution is 2.11. The molecule has 0 aliphatic heterocycles. The Kier molecular flexibility index (Phi) is 5.06. The first kappa shape index (κ1) is 12.2. The zero-order valence-corrected chi connectivity index (χ0v) is 9.32. The van der Waals surface area contributed by atoms with Crippen LogP contribution < -0.4 is 0 Å². The average Bonchev–Trinajstić information content (AvgIpc) is 2.28. The summed E-state index contributed by atoms with van der Waals surface area (Å²) in [5.41, 5.74) is 0.543. The van der Waals surface area contributed by atoms with Crippen molar-refractivity contribution in [3.63, 3.8) is 0 Å². The molecule has 0 aromatic heterocycles. The fourth-order valence-electron chi connectivity index (χ4n) is 1.21. The van der Waals surface area contributed by atoms with E-state index in [1.807, 2.05) is 19.1 Å². The van der Waals surface area contributed by atoms with Gasteiger partial charge in [0.15, 0.2) is 0 Å². The molecule has 0 spiro atoms. The summed E-state index contributed by atoms with van der Waals surface area (Å²) >= 11 is 0. The van der Waals surface area contributed by atoms with Crippen molar-refractivity contribution in [2.24, 2.45) is 0 Å². The third kappa shape index (κ3) is 3.73. The maximum Gasteiger partial charge on any atom is 0.129 e. The molecule has 0 saturated heterocycles. The van der Waals surface area contributed by atoms with E-state index in [9.17, 15) is 4.39 Å². The van der Waals surface area contributed by atoms with Crippen LogP contribution in [-0.4, -0.2) is 0 Å². The highest BCUT2D eigenvalue weighted by atomic mass is 19.1. The van der Waals surface area contributed by atoms with Crippen molar-refractivity contribution in [1.29, 1.82) is 0 Å². The number of hydrogen-bond donors (Lipinski definition) is 0. The van der Waals surface area contributed by atoms with Gasteiger partial charge in [0, 0.05) is 5.56 Å². The second-order valence-corrected chi connectivity index (χ2v) is 3.18. The highest BCUT2D eigenvalue weighted by Gasteiger charge is 2.01. The van der Waals surface area contributed by atoms with E-state index in [2.05, 4.69) is 6.58 Å². The van der Waals surface area contributed by atoms with E-state index in [4.69, 9.17) is 4.74 Å². The zero-order valence-electron chi connectivity index (χ0n) is 9.32. The molecule has 0 unspecified atom stereocenters. The Morgan fingerprint density at radius 2 is 2.19 bits per heavy atom. The van der Waals surface area contributed by atoms with E-state index in [-0.39, 0.29) is 12.4 Å². The van der Waals surface area contributed by atoms with Gasteiger partial charge < -0.3 is 4.74 Å². The lowest BCUT2D eigenvalue weighted by molar-refractivity contribution is 0.207. The Morgan fingerprint density at radius 3 is 2.81 bits per heavy atom.